The van der Waals surface area contributed by atoms with Gasteiger partial charge in [0.05, 0.1) is 14.2 Å². The number of carbonyl (C=O) groups is 1. The second kappa shape index (κ2) is 5.57. The Bertz CT molecular complexity index is 464. The molecule has 0 aromatic heterocycles. The van der Waals surface area contributed by atoms with Crippen molar-refractivity contribution in [1.29, 1.82) is 0 Å². The first-order valence-corrected chi connectivity index (χ1v) is 4.89. The van der Waals surface area contributed by atoms with Crippen LogP contribution in [0.15, 0.2) is 24.3 Å². The molecule has 1 rings (SSSR count). The number of rotatable bonds is 4. The summed E-state index contributed by atoms with van der Waals surface area (Å²) in [6.07, 6.45) is -3.38. The number of methoxy groups -OCH3 is 2. The molecule has 98 valence electrons. The first kappa shape index (κ1) is 14.1. The summed E-state index contributed by atoms with van der Waals surface area (Å²) in [7, 11) is 2.81. The Morgan fingerprint density at radius 1 is 1.22 bits per heavy atom. The average Bonchev–Trinajstić information content (AvgIpc) is 2.34. The summed E-state index contributed by atoms with van der Waals surface area (Å²) in [6, 6.07) is 4.61. The van der Waals surface area contributed by atoms with E-state index in [4.69, 9.17) is 9.47 Å². The Hall–Kier alpha value is -1.98. The number of ketones is 1. The number of halogens is 3. The molecule has 0 saturated carbocycles. The van der Waals surface area contributed by atoms with E-state index in [0.29, 0.717) is 23.1 Å². The lowest BCUT2D eigenvalue weighted by atomic mass is 10.1. The van der Waals surface area contributed by atoms with Gasteiger partial charge in [0, 0.05) is 5.56 Å². The fourth-order valence-electron chi connectivity index (χ4n) is 1.23. The maximum absolute atomic E-state index is 12.0. The zero-order chi connectivity index (χ0) is 13.8. The van der Waals surface area contributed by atoms with Crippen LogP contribution < -0.4 is 9.47 Å². The molecule has 0 spiro atoms. The van der Waals surface area contributed by atoms with E-state index in [1.54, 1.807) is 6.07 Å². The maximum Gasteiger partial charge on any atom is 0.454 e. The summed E-state index contributed by atoms with van der Waals surface area (Å²) >= 11 is 0. The van der Waals surface area contributed by atoms with Gasteiger partial charge < -0.3 is 9.47 Å². The third-order valence-electron chi connectivity index (χ3n) is 2.13. The summed E-state index contributed by atoms with van der Waals surface area (Å²) in [5.74, 6) is -1.12. The predicted octanol–water partition coefficient (Wildman–Crippen LogP) is 2.85. The number of ether oxygens (including phenoxy) is 2. The lowest BCUT2D eigenvalue weighted by molar-refractivity contribution is -0.165. The summed E-state index contributed by atoms with van der Waals surface area (Å²) in [6.45, 7) is 0. The molecular formula is C12H11F3O3. The molecule has 0 aliphatic rings. The zero-order valence-corrected chi connectivity index (χ0v) is 9.75. The van der Waals surface area contributed by atoms with E-state index in [1.807, 2.05) is 0 Å². The van der Waals surface area contributed by atoms with Gasteiger partial charge in [0.25, 0.3) is 5.78 Å². The van der Waals surface area contributed by atoms with Gasteiger partial charge in [0.15, 0.2) is 0 Å². The van der Waals surface area contributed by atoms with Gasteiger partial charge in [0.2, 0.25) is 0 Å². The molecule has 1 aromatic carbocycles. The van der Waals surface area contributed by atoms with Crippen LogP contribution in [-0.4, -0.2) is 26.2 Å². The standard InChI is InChI=1S/C12H11F3O3/c1-17-9-4-5-10(18-2)8(7-9)3-6-11(16)12(13,14)15/h3-7H,1-2H3/b6-3+. The fourth-order valence-corrected chi connectivity index (χ4v) is 1.23. The molecule has 0 aliphatic carbocycles. The van der Waals surface area contributed by atoms with E-state index in [1.165, 1.54) is 26.4 Å². The topological polar surface area (TPSA) is 35.5 Å². The molecule has 0 heterocycles. The highest BCUT2D eigenvalue weighted by atomic mass is 19.4. The van der Waals surface area contributed by atoms with E-state index >= 15 is 0 Å². The molecule has 0 amide bonds. The largest absolute Gasteiger partial charge is 0.497 e. The monoisotopic (exact) mass is 260 g/mol. The molecule has 18 heavy (non-hydrogen) atoms. The Morgan fingerprint density at radius 2 is 1.89 bits per heavy atom. The van der Waals surface area contributed by atoms with Crippen LogP contribution in [0.3, 0.4) is 0 Å². The highest BCUT2D eigenvalue weighted by molar-refractivity contribution is 5.98. The minimum absolute atomic E-state index is 0.328. The number of benzene rings is 1. The van der Waals surface area contributed by atoms with Crippen LogP contribution in [0.4, 0.5) is 13.2 Å². The smallest absolute Gasteiger partial charge is 0.454 e. The van der Waals surface area contributed by atoms with Crippen LogP contribution in [0.25, 0.3) is 6.08 Å². The summed E-state index contributed by atoms with van der Waals surface area (Å²) in [5, 5.41) is 0. The Kier molecular flexibility index (Phi) is 4.36. The van der Waals surface area contributed by atoms with Crippen LogP contribution in [-0.2, 0) is 4.79 Å². The van der Waals surface area contributed by atoms with Gasteiger partial charge in [-0.15, -0.1) is 0 Å². The van der Waals surface area contributed by atoms with Gasteiger partial charge in [-0.1, -0.05) is 0 Å². The number of allylic oxidation sites excluding steroid dienone is 1. The lowest BCUT2D eigenvalue weighted by Gasteiger charge is -2.07. The van der Waals surface area contributed by atoms with E-state index in [9.17, 15) is 18.0 Å². The Balaban J connectivity index is 3.02. The second-order valence-electron chi connectivity index (χ2n) is 3.30. The van der Waals surface area contributed by atoms with Gasteiger partial charge >= 0.3 is 6.18 Å². The van der Waals surface area contributed by atoms with Crippen molar-refractivity contribution in [2.45, 2.75) is 6.18 Å². The maximum atomic E-state index is 12.0. The number of hydrogen-bond donors (Lipinski definition) is 0. The van der Waals surface area contributed by atoms with Gasteiger partial charge in [-0.3, -0.25) is 4.79 Å². The van der Waals surface area contributed by atoms with Crippen LogP contribution in [0.5, 0.6) is 11.5 Å². The van der Waals surface area contributed by atoms with E-state index in [0.717, 1.165) is 6.08 Å². The van der Waals surface area contributed by atoms with Crippen molar-refractivity contribution in [2.75, 3.05) is 14.2 Å². The number of carbonyl (C=O) groups excluding carboxylic acids is 1. The SMILES string of the molecule is COc1ccc(OC)c(/C=C/C(=O)C(F)(F)F)c1. The molecule has 0 atom stereocenters. The Morgan fingerprint density at radius 3 is 2.39 bits per heavy atom. The number of alkyl halides is 3. The van der Waals surface area contributed by atoms with Crippen molar-refractivity contribution in [3.05, 3.63) is 29.8 Å². The van der Waals surface area contributed by atoms with E-state index in [2.05, 4.69) is 0 Å². The predicted molar refractivity (Wildman–Crippen MR) is 59.6 cm³/mol. The van der Waals surface area contributed by atoms with Crippen LogP contribution in [0.2, 0.25) is 0 Å². The van der Waals surface area contributed by atoms with E-state index < -0.39 is 12.0 Å². The zero-order valence-electron chi connectivity index (χ0n) is 9.75. The van der Waals surface area contributed by atoms with Crippen LogP contribution >= 0.6 is 0 Å². The van der Waals surface area contributed by atoms with Gasteiger partial charge in [-0.2, -0.15) is 13.2 Å². The minimum atomic E-state index is -4.87. The van der Waals surface area contributed by atoms with Crippen molar-refractivity contribution >= 4 is 11.9 Å². The first-order valence-electron chi connectivity index (χ1n) is 4.89. The molecule has 6 heteroatoms. The minimum Gasteiger partial charge on any atom is -0.497 e. The first-order chi connectivity index (χ1) is 8.38. The summed E-state index contributed by atoms with van der Waals surface area (Å²) < 4.78 is 46.0. The molecule has 0 unspecified atom stereocenters. The number of hydrogen-bond acceptors (Lipinski definition) is 3. The lowest BCUT2D eigenvalue weighted by Crippen LogP contribution is -2.19. The van der Waals surface area contributed by atoms with Crippen molar-refractivity contribution in [2.24, 2.45) is 0 Å². The summed E-state index contributed by atoms with van der Waals surface area (Å²) in [5.41, 5.74) is 0.328. The Labute approximate surface area is 102 Å². The molecule has 3 nitrogen and oxygen atoms in total. The molecule has 0 saturated heterocycles. The molecule has 0 aliphatic heterocycles. The van der Waals surface area contributed by atoms with Crippen molar-refractivity contribution < 1.29 is 27.4 Å². The third kappa shape index (κ3) is 3.51. The van der Waals surface area contributed by atoms with Crippen molar-refractivity contribution in [1.82, 2.24) is 0 Å². The third-order valence-corrected chi connectivity index (χ3v) is 2.13. The molecule has 0 radical (unpaired) electrons. The van der Waals surface area contributed by atoms with Crippen LogP contribution in [0.1, 0.15) is 5.56 Å². The highest BCUT2D eigenvalue weighted by Crippen LogP contribution is 2.26. The van der Waals surface area contributed by atoms with E-state index in [-0.39, 0.29) is 0 Å². The van der Waals surface area contributed by atoms with Gasteiger partial charge in [-0.25, -0.2) is 0 Å². The fraction of sp³-hybridized carbons (Fsp3) is 0.250. The van der Waals surface area contributed by atoms with Gasteiger partial charge in [-0.05, 0) is 30.4 Å². The average molecular weight is 260 g/mol. The van der Waals surface area contributed by atoms with Crippen molar-refractivity contribution in [3.63, 3.8) is 0 Å². The highest BCUT2D eigenvalue weighted by Gasteiger charge is 2.36. The second-order valence-corrected chi connectivity index (χ2v) is 3.30. The molecule has 0 fully saturated rings. The normalized spacial score (nSPS) is 11.6. The molecule has 1 aromatic rings. The van der Waals surface area contributed by atoms with Gasteiger partial charge in [0.1, 0.15) is 11.5 Å². The molecular weight excluding hydrogens is 249 g/mol. The summed E-state index contributed by atoms with van der Waals surface area (Å²) in [4.78, 5) is 10.7. The molecule has 0 bridgehead atoms. The molecule has 0 N–H and O–H groups in total. The van der Waals surface area contributed by atoms with Crippen molar-refractivity contribution in [3.8, 4) is 11.5 Å². The van der Waals surface area contributed by atoms with Crippen LogP contribution in [0, 0.1) is 0 Å². The quantitative estimate of drug-likeness (QED) is 0.781.